The summed E-state index contributed by atoms with van der Waals surface area (Å²) in [7, 11) is 0. The van der Waals surface area contributed by atoms with Gasteiger partial charge in [-0.05, 0) is 55.7 Å². The molecule has 0 aliphatic heterocycles. The molecule has 2 heterocycles. The lowest BCUT2D eigenvalue weighted by molar-refractivity contribution is 0.102. The summed E-state index contributed by atoms with van der Waals surface area (Å²) in [6, 6.07) is 11.5. The minimum Gasteiger partial charge on any atom is -0.494 e. The predicted molar refractivity (Wildman–Crippen MR) is 113 cm³/mol. The molecule has 0 spiro atoms. The van der Waals surface area contributed by atoms with Crippen molar-refractivity contribution < 1.29 is 9.53 Å². The van der Waals surface area contributed by atoms with Crippen LogP contribution in [0.25, 0.3) is 5.65 Å². The van der Waals surface area contributed by atoms with E-state index in [0.717, 1.165) is 41.4 Å². The molecule has 148 valence electrons. The number of unbranched alkanes of at least 4 members (excludes halogenated alkanes) is 3. The van der Waals surface area contributed by atoms with E-state index in [4.69, 9.17) is 4.74 Å². The van der Waals surface area contributed by atoms with Crippen LogP contribution in [0.4, 0.5) is 5.69 Å². The van der Waals surface area contributed by atoms with Gasteiger partial charge in [0.2, 0.25) is 0 Å². The molecule has 5 nitrogen and oxygen atoms in total. The quantitative estimate of drug-likeness (QED) is 0.505. The highest BCUT2D eigenvalue weighted by Crippen LogP contribution is 2.20. The SMILES string of the molecule is CCCCCCOc1ccc(NC(=O)c2c(CC)nc3c(C)cccn23)cc1. The number of carbonyl (C=O) groups excluding carboxylic acids is 1. The van der Waals surface area contributed by atoms with E-state index in [1.807, 2.05) is 60.8 Å². The topological polar surface area (TPSA) is 55.6 Å². The van der Waals surface area contributed by atoms with E-state index in [9.17, 15) is 4.79 Å². The molecular formula is C23H29N3O2. The van der Waals surface area contributed by atoms with E-state index in [2.05, 4.69) is 17.2 Å². The molecule has 1 aromatic carbocycles. The molecule has 0 fully saturated rings. The van der Waals surface area contributed by atoms with E-state index < -0.39 is 0 Å². The summed E-state index contributed by atoms with van der Waals surface area (Å²) < 4.78 is 7.64. The molecule has 0 atom stereocenters. The first-order valence-electron chi connectivity index (χ1n) is 10.1. The lowest BCUT2D eigenvalue weighted by Gasteiger charge is -2.09. The van der Waals surface area contributed by atoms with Gasteiger partial charge in [0.25, 0.3) is 5.91 Å². The second-order valence-electron chi connectivity index (χ2n) is 7.03. The highest BCUT2D eigenvalue weighted by Gasteiger charge is 2.19. The predicted octanol–water partition coefficient (Wildman–Crippen LogP) is 5.42. The summed E-state index contributed by atoms with van der Waals surface area (Å²) >= 11 is 0. The molecule has 0 aliphatic rings. The van der Waals surface area contributed by atoms with Crippen LogP contribution in [0.1, 0.15) is 61.3 Å². The molecule has 28 heavy (non-hydrogen) atoms. The molecule has 2 aromatic heterocycles. The van der Waals surface area contributed by atoms with Crippen molar-refractivity contribution in [1.29, 1.82) is 0 Å². The molecule has 1 amide bonds. The van der Waals surface area contributed by atoms with Crippen LogP contribution in [0.5, 0.6) is 5.75 Å². The number of amides is 1. The van der Waals surface area contributed by atoms with Crippen molar-refractivity contribution in [3.8, 4) is 5.75 Å². The van der Waals surface area contributed by atoms with Gasteiger partial charge in [-0.2, -0.15) is 0 Å². The van der Waals surface area contributed by atoms with E-state index in [-0.39, 0.29) is 5.91 Å². The fourth-order valence-corrected chi connectivity index (χ4v) is 3.28. The number of aromatic nitrogens is 2. The smallest absolute Gasteiger partial charge is 0.274 e. The Morgan fingerprint density at radius 3 is 2.61 bits per heavy atom. The number of anilines is 1. The fraction of sp³-hybridized carbons (Fsp3) is 0.391. The van der Waals surface area contributed by atoms with E-state index in [0.29, 0.717) is 12.1 Å². The summed E-state index contributed by atoms with van der Waals surface area (Å²) in [5.41, 5.74) is 4.03. The third-order valence-corrected chi connectivity index (χ3v) is 4.85. The van der Waals surface area contributed by atoms with Crippen LogP contribution in [0.15, 0.2) is 42.6 Å². The largest absolute Gasteiger partial charge is 0.494 e. The monoisotopic (exact) mass is 379 g/mol. The first-order valence-corrected chi connectivity index (χ1v) is 10.1. The van der Waals surface area contributed by atoms with Crippen LogP contribution in [0.3, 0.4) is 0 Å². The van der Waals surface area contributed by atoms with Crippen molar-refractivity contribution in [2.45, 2.75) is 52.9 Å². The molecule has 0 unspecified atom stereocenters. The number of hydrogen-bond acceptors (Lipinski definition) is 3. The van der Waals surface area contributed by atoms with Crippen molar-refractivity contribution in [2.75, 3.05) is 11.9 Å². The van der Waals surface area contributed by atoms with Crippen LogP contribution in [0.2, 0.25) is 0 Å². The summed E-state index contributed by atoms with van der Waals surface area (Å²) in [6.07, 6.45) is 7.33. The number of imidazole rings is 1. The van der Waals surface area contributed by atoms with E-state index >= 15 is 0 Å². The van der Waals surface area contributed by atoms with Crippen molar-refractivity contribution in [1.82, 2.24) is 9.38 Å². The highest BCUT2D eigenvalue weighted by atomic mass is 16.5. The third kappa shape index (κ3) is 4.53. The van der Waals surface area contributed by atoms with Gasteiger partial charge in [0.15, 0.2) is 0 Å². The number of nitrogens with one attached hydrogen (secondary N) is 1. The zero-order valence-electron chi connectivity index (χ0n) is 17.0. The average Bonchev–Trinajstić information content (AvgIpc) is 3.09. The summed E-state index contributed by atoms with van der Waals surface area (Å²) in [6.45, 7) is 6.95. The van der Waals surface area contributed by atoms with E-state index in [1.54, 1.807) is 0 Å². The molecular weight excluding hydrogens is 350 g/mol. The maximum atomic E-state index is 12.9. The maximum Gasteiger partial charge on any atom is 0.274 e. The fourth-order valence-electron chi connectivity index (χ4n) is 3.28. The van der Waals surface area contributed by atoms with Crippen LogP contribution < -0.4 is 10.1 Å². The molecule has 1 N–H and O–H groups in total. The number of hydrogen-bond donors (Lipinski definition) is 1. The number of nitrogens with zero attached hydrogens (tertiary/aromatic N) is 2. The Hall–Kier alpha value is -2.82. The summed E-state index contributed by atoms with van der Waals surface area (Å²) in [4.78, 5) is 17.6. The van der Waals surface area contributed by atoms with Crippen molar-refractivity contribution in [3.05, 3.63) is 59.5 Å². The summed E-state index contributed by atoms with van der Waals surface area (Å²) in [5, 5.41) is 2.99. The third-order valence-electron chi connectivity index (χ3n) is 4.85. The molecule has 0 saturated carbocycles. The van der Waals surface area contributed by atoms with Crippen LogP contribution >= 0.6 is 0 Å². The second kappa shape index (κ2) is 9.40. The number of carbonyl (C=O) groups is 1. The lowest BCUT2D eigenvalue weighted by atomic mass is 10.2. The van der Waals surface area contributed by atoms with Gasteiger partial charge in [-0.15, -0.1) is 0 Å². The Labute approximate surface area is 166 Å². The normalized spacial score (nSPS) is 11.0. The Balaban J connectivity index is 1.68. The zero-order chi connectivity index (χ0) is 19.9. The number of aryl methyl sites for hydroxylation is 2. The number of pyridine rings is 1. The molecule has 0 aliphatic carbocycles. The van der Waals surface area contributed by atoms with Gasteiger partial charge in [-0.25, -0.2) is 4.98 Å². The molecule has 0 saturated heterocycles. The Kier molecular flexibility index (Phi) is 6.69. The van der Waals surface area contributed by atoms with E-state index in [1.165, 1.54) is 19.3 Å². The van der Waals surface area contributed by atoms with Gasteiger partial charge in [0.1, 0.15) is 17.1 Å². The van der Waals surface area contributed by atoms with Crippen molar-refractivity contribution in [2.24, 2.45) is 0 Å². The number of ether oxygens (including phenoxy) is 1. The van der Waals surface area contributed by atoms with Crippen molar-refractivity contribution in [3.63, 3.8) is 0 Å². The number of benzene rings is 1. The first-order chi connectivity index (χ1) is 13.6. The van der Waals surface area contributed by atoms with Crippen molar-refractivity contribution >= 4 is 17.2 Å². The minimum atomic E-state index is -0.150. The Morgan fingerprint density at radius 2 is 1.89 bits per heavy atom. The second-order valence-corrected chi connectivity index (χ2v) is 7.03. The van der Waals surface area contributed by atoms with Gasteiger partial charge >= 0.3 is 0 Å². The molecule has 0 radical (unpaired) electrons. The van der Waals surface area contributed by atoms with Gasteiger partial charge in [0, 0.05) is 11.9 Å². The zero-order valence-corrected chi connectivity index (χ0v) is 17.0. The number of fused-ring (bicyclic) bond motifs is 1. The maximum absolute atomic E-state index is 12.9. The Morgan fingerprint density at radius 1 is 1.11 bits per heavy atom. The van der Waals surface area contributed by atoms with Gasteiger partial charge in [0.05, 0.1) is 12.3 Å². The lowest BCUT2D eigenvalue weighted by Crippen LogP contribution is -2.16. The van der Waals surface area contributed by atoms with Gasteiger partial charge in [-0.3, -0.25) is 9.20 Å². The highest BCUT2D eigenvalue weighted by molar-refractivity contribution is 6.04. The Bertz CT molecular complexity index is 929. The molecule has 5 heteroatoms. The van der Waals surface area contributed by atoms with Gasteiger partial charge < -0.3 is 10.1 Å². The minimum absolute atomic E-state index is 0.150. The van der Waals surface area contributed by atoms with Crippen LogP contribution in [0, 0.1) is 6.92 Å². The standard InChI is InChI=1S/C23H29N3O2/c1-4-6-7-8-16-28-19-13-11-18(12-14-19)24-23(27)21-20(5-2)25-22-17(3)10-9-15-26(21)22/h9-15H,4-8,16H2,1-3H3,(H,24,27). The first kappa shape index (κ1) is 19.9. The summed E-state index contributed by atoms with van der Waals surface area (Å²) in [5.74, 6) is 0.678. The van der Waals surface area contributed by atoms with Crippen LogP contribution in [-0.4, -0.2) is 21.9 Å². The number of rotatable bonds is 9. The molecule has 3 aromatic rings. The van der Waals surface area contributed by atoms with Crippen LogP contribution in [-0.2, 0) is 6.42 Å². The average molecular weight is 380 g/mol. The van der Waals surface area contributed by atoms with Gasteiger partial charge in [-0.1, -0.05) is 39.2 Å². The molecule has 0 bridgehead atoms. The molecule has 3 rings (SSSR count).